The first-order valence-corrected chi connectivity index (χ1v) is 11.6. The van der Waals surface area contributed by atoms with E-state index in [1.165, 1.54) is 25.7 Å². The molecule has 0 aliphatic heterocycles. The van der Waals surface area contributed by atoms with Crippen LogP contribution in [0.4, 0.5) is 0 Å². The van der Waals surface area contributed by atoms with Gasteiger partial charge >= 0.3 is 0 Å². The molecule has 0 amide bonds. The third-order valence-electron chi connectivity index (χ3n) is 5.32. The number of aliphatic imine (C=N–C) groups is 2. The molecule has 0 fully saturated rings. The summed E-state index contributed by atoms with van der Waals surface area (Å²) < 4.78 is 3.69. The fourth-order valence-corrected chi connectivity index (χ4v) is 5.41. The molecule has 0 unspecified atom stereocenters. The smallest absolute Gasteiger partial charge is 0.0788 e. The summed E-state index contributed by atoms with van der Waals surface area (Å²) in [5, 5.41) is 2.57. The summed E-state index contributed by atoms with van der Waals surface area (Å²) in [5.41, 5.74) is 5.05. The topological polar surface area (TPSA) is 24.7 Å². The van der Waals surface area contributed by atoms with Crippen LogP contribution >= 0.6 is 27.3 Å². The average Bonchev–Trinajstić information content (AvgIpc) is 3.18. The second-order valence-electron chi connectivity index (χ2n) is 7.24. The second kappa shape index (κ2) is 8.58. The van der Waals surface area contributed by atoms with Crippen molar-refractivity contribution in [2.45, 2.75) is 6.54 Å². The van der Waals surface area contributed by atoms with E-state index in [4.69, 9.17) is 4.99 Å². The highest BCUT2D eigenvalue weighted by atomic mass is 79.9. The van der Waals surface area contributed by atoms with Gasteiger partial charge in [0.05, 0.1) is 18.0 Å². The second-order valence-corrected chi connectivity index (χ2v) is 9.21. The van der Waals surface area contributed by atoms with Crippen LogP contribution in [0.15, 0.2) is 111 Å². The van der Waals surface area contributed by atoms with E-state index in [0.717, 1.165) is 27.0 Å². The van der Waals surface area contributed by atoms with E-state index in [1.54, 1.807) is 0 Å². The van der Waals surface area contributed by atoms with Gasteiger partial charge in [-0.2, -0.15) is 0 Å². The standard InChI is InChI=1S/C27H19BrN2S/c1-29-26(18-8-3-2-4-9-18)22-11-5-6-13-24(22)30-17-19-10-7-12-21-23-16-20(28)14-15-25(23)31-27(19)21/h2-16H,1,17H2/b26-22-,30-24?. The van der Waals surface area contributed by atoms with Crippen LogP contribution in [0.3, 0.4) is 0 Å². The largest absolute Gasteiger partial charge is 0.280 e. The SMILES string of the molecule is C=N/C(=C1/C=CC=CC1=NCc1cccc2c1sc1ccc(Br)cc12)c1ccccc1. The van der Waals surface area contributed by atoms with Crippen LogP contribution in [-0.4, -0.2) is 12.4 Å². The third-order valence-corrected chi connectivity index (χ3v) is 7.08. The first-order chi connectivity index (χ1) is 15.2. The molecule has 0 radical (unpaired) electrons. The van der Waals surface area contributed by atoms with E-state index in [9.17, 15) is 0 Å². The van der Waals surface area contributed by atoms with Gasteiger partial charge in [-0.05, 0) is 36.6 Å². The molecule has 1 aromatic heterocycles. The van der Waals surface area contributed by atoms with Gasteiger partial charge in [0.2, 0.25) is 0 Å². The van der Waals surface area contributed by atoms with Crippen molar-refractivity contribution in [3.05, 3.63) is 112 Å². The molecule has 0 saturated carbocycles. The van der Waals surface area contributed by atoms with Crippen molar-refractivity contribution in [1.82, 2.24) is 0 Å². The first kappa shape index (κ1) is 19.9. The van der Waals surface area contributed by atoms with Gasteiger partial charge in [0.15, 0.2) is 0 Å². The number of benzene rings is 3. The fraction of sp³-hybridized carbons (Fsp3) is 0.0370. The number of nitrogens with zero attached hydrogens (tertiary/aromatic N) is 2. The maximum absolute atomic E-state index is 5.00. The van der Waals surface area contributed by atoms with Gasteiger partial charge in [0.25, 0.3) is 0 Å². The molecule has 1 aliphatic rings. The Bertz CT molecular complexity index is 1420. The van der Waals surface area contributed by atoms with Crippen LogP contribution in [0.5, 0.6) is 0 Å². The molecule has 31 heavy (non-hydrogen) atoms. The van der Waals surface area contributed by atoms with Crippen LogP contribution in [0.25, 0.3) is 25.9 Å². The lowest BCUT2D eigenvalue weighted by Gasteiger charge is -2.12. The highest BCUT2D eigenvalue weighted by Gasteiger charge is 2.13. The highest BCUT2D eigenvalue weighted by Crippen LogP contribution is 2.37. The van der Waals surface area contributed by atoms with Gasteiger partial charge in [-0.1, -0.05) is 82.7 Å². The zero-order chi connectivity index (χ0) is 21.2. The molecule has 1 aliphatic carbocycles. The predicted octanol–water partition coefficient (Wildman–Crippen LogP) is 8.00. The fourth-order valence-electron chi connectivity index (χ4n) is 3.86. The molecular weight excluding hydrogens is 464 g/mol. The van der Waals surface area contributed by atoms with Crippen LogP contribution in [0.2, 0.25) is 0 Å². The molecule has 1 heterocycles. The maximum atomic E-state index is 5.00. The minimum atomic E-state index is 0.613. The summed E-state index contributed by atoms with van der Waals surface area (Å²) >= 11 is 5.43. The Morgan fingerprint density at radius 3 is 2.58 bits per heavy atom. The zero-order valence-corrected chi connectivity index (χ0v) is 19.2. The molecule has 0 N–H and O–H groups in total. The number of halogens is 1. The van der Waals surface area contributed by atoms with Crippen molar-refractivity contribution in [2.24, 2.45) is 9.98 Å². The van der Waals surface area contributed by atoms with Crippen LogP contribution in [0.1, 0.15) is 11.1 Å². The highest BCUT2D eigenvalue weighted by molar-refractivity contribution is 9.10. The Balaban J connectivity index is 1.58. The summed E-state index contributed by atoms with van der Waals surface area (Å²) in [6.07, 6.45) is 8.15. The maximum Gasteiger partial charge on any atom is 0.0788 e. The zero-order valence-electron chi connectivity index (χ0n) is 16.8. The lowest BCUT2D eigenvalue weighted by molar-refractivity contribution is 1.09. The summed E-state index contributed by atoms with van der Waals surface area (Å²) in [4.78, 5) is 9.33. The predicted molar refractivity (Wildman–Crippen MR) is 139 cm³/mol. The molecule has 4 heteroatoms. The Kier molecular flexibility index (Phi) is 5.49. The minimum Gasteiger partial charge on any atom is -0.280 e. The van der Waals surface area contributed by atoms with Crippen LogP contribution in [-0.2, 0) is 6.54 Å². The Labute approximate surface area is 193 Å². The van der Waals surface area contributed by atoms with Gasteiger partial charge in [-0.3, -0.25) is 9.98 Å². The van der Waals surface area contributed by atoms with Gasteiger partial charge in [-0.25, -0.2) is 0 Å². The normalized spacial score (nSPS) is 16.4. The van der Waals surface area contributed by atoms with Gasteiger partial charge in [-0.15, -0.1) is 11.3 Å². The van der Waals surface area contributed by atoms with Crippen LogP contribution < -0.4 is 0 Å². The van der Waals surface area contributed by atoms with Crippen molar-refractivity contribution in [3.8, 4) is 0 Å². The molecule has 4 aromatic rings. The third kappa shape index (κ3) is 3.85. The van der Waals surface area contributed by atoms with E-state index in [1.807, 2.05) is 47.8 Å². The van der Waals surface area contributed by atoms with E-state index in [0.29, 0.717) is 6.54 Å². The van der Waals surface area contributed by atoms with E-state index < -0.39 is 0 Å². The summed E-state index contributed by atoms with van der Waals surface area (Å²) in [7, 11) is 0. The number of hydrogen-bond donors (Lipinski definition) is 0. The molecule has 0 saturated heterocycles. The Hall–Kier alpha value is -3.08. The molecule has 3 aromatic carbocycles. The van der Waals surface area contributed by atoms with Crippen LogP contribution in [0, 0.1) is 0 Å². The summed E-state index contributed by atoms with van der Waals surface area (Å²) in [5.74, 6) is 0. The molecule has 0 atom stereocenters. The summed E-state index contributed by atoms with van der Waals surface area (Å²) in [6, 6.07) is 23.1. The number of thiophene rings is 1. The average molecular weight is 483 g/mol. The lowest BCUT2D eigenvalue weighted by Crippen LogP contribution is -2.04. The van der Waals surface area contributed by atoms with Crippen molar-refractivity contribution in [1.29, 1.82) is 0 Å². The van der Waals surface area contributed by atoms with Gasteiger partial charge in [0.1, 0.15) is 0 Å². The van der Waals surface area contributed by atoms with Gasteiger partial charge in [0, 0.05) is 35.8 Å². The summed E-state index contributed by atoms with van der Waals surface area (Å²) in [6.45, 7) is 4.43. The Morgan fingerprint density at radius 2 is 1.74 bits per heavy atom. The molecule has 2 nitrogen and oxygen atoms in total. The van der Waals surface area contributed by atoms with E-state index in [2.05, 4.69) is 82.2 Å². The molecule has 5 rings (SSSR count). The lowest BCUT2D eigenvalue weighted by atomic mass is 9.99. The van der Waals surface area contributed by atoms with E-state index >= 15 is 0 Å². The molecule has 0 spiro atoms. The monoisotopic (exact) mass is 482 g/mol. The molecule has 0 bridgehead atoms. The van der Waals surface area contributed by atoms with Crippen molar-refractivity contribution in [2.75, 3.05) is 0 Å². The van der Waals surface area contributed by atoms with Crippen molar-refractivity contribution >= 4 is 65.6 Å². The minimum absolute atomic E-state index is 0.613. The molecule has 150 valence electrons. The van der Waals surface area contributed by atoms with E-state index in [-0.39, 0.29) is 0 Å². The molecular formula is C27H19BrN2S. The number of rotatable bonds is 4. The van der Waals surface area contributed by atoms with Crippen molar-refractivity contribution < 1.29 is 0 Å². The number of fused-ring (bicyclic) bond motifs is 3. The quantitative estimate of drug-likeness (QED) is 0.263. The number of allylic oxidation sites excluding steroid dienone is 5. The first-order valence-electron chi connectivity index (χ1n) is 10.0. The van der Waals surface area contributed by atoms with Crippen molar-refractivity contribution in [3.63, 3.8) is 0 Å². The van der Waals surface area contributed by atoms with Gasteiger partial charge < -0.3 is 0 Å². The number of hydrogen-bond acceptors (Lipinski definition) is 3. The Morgan fingerprint density at radius 1 is 0.903 bits per heavy atom.